The second-order valence-electron chi connectivity index (χ2n) is 4.46. The van der Waals surface area contributed by atoms with Crippen LogP contribution in [-0.2, 0) is 0 Å². The highest BCUT2D eigenvalue weighted by molar-refractivity contribution is 6.18. The van der Waals surface area contributed by atoms with Crippen LogP contribution in [-0.4, -0.2) is 30.4 Å². The summed E-state index contributed by atoms with van der Waals surface area (Å²) in [6, 6.07) is 0. The summed E-state index contributed by atoms with van der Waals surface area (Å²) in [5, 5.41) is 0. The molecule has 1 rings (SSSR count). The standard InChI is InChI=1S/C11H22ClN/c1-3-4-10(2)8-13-6-5-11(7-12)9-13/h10-11H,3-9H2,1-2H3. The monoisotopic (exact) mass is 203 g/mol. The van der Waals surface area contributed by atoms with Crippen molar-refractivity contribution in [2.75, 3.05) is 25.5 Å². The van der Waals surface area contributed by atoms with E-state index in [1.165, 1.54) is 38.9 Å². The minimum absolute atomic E-state index is 0.760. The van der Waals surface area contributed by atoms with Crippen LogP contribution in [0.1, 0.15) is 33.1 Å². The van der Waals surface area contributed by atoms with E-state index in [9.17, 15) is 0 Å². The molecule has 0 spiro atoms. The summed E-state index contributed by atoms with van der Waals surface area (Å²) in [5.41, 5.74) is 0. The van der Waals surface area contributed by atoms with Crippen molar-refractivity contribution in [1.29, 1.82) is 0 Å². The Morgan fingerprint density at radius 1 is 1.54 bits per heavy atom. The van der Waals surface area contributed by atoms with Crippen molar-refractivity contribution in [2.24, 2.45) is 11.8 Å². The second-order valence-corrected chi connectivity index (χ2v) is 4.77. The van der Waals surface area contributed by atoms with Gasteiger partial charge in [-0.25, -0.2) is 0 Å². The third kappa shape index (κ3) is 3.86. The van der Waals surface area contributed by atoms with Gasteiger partial charge in [0, 0.05) is 19.0 Å². The van der Waals surface area contributed by atoms with Crippen LogP contribution >= 0.6 is 11.6 Å². The quantitative estimate of drug-likeness (QED) is 0.621. The maximum atomic E-state index is 5.84. The summed E-state index contributed by atoms with van der Waals surface area (Å²) in [5.74, 6) is 2.47. The molecule has 0 aliphatic carbocycles. The number of nitrogens with zero attached hydrogens (tertiary/aromatic N) is 1. The van der Waals surface area contributed by atoms with Crippen molar-refractivity contribution in [1.82, 2.24) is 4.90 Å². The van der Waals surface area contributed by atoms with Gasteiger partial charge in [-0.05, 0) is 31.2 Å². The first-order valence-corrected chi connectivity index (χ1v) is 6.08. The van der Waals surface area contributed by atoms with E-state index in [1.54, 1.807) is 0 Å². The molecule has 2 heteroatoms. The molecular formula is C11H22ClN. The molecule has 0 aromatic heterocycles. The molecule has 2 atom stereocenters. The number of likely N-dealkylation sites (tertiary alicyclic amines) is 1. The predicted octanol–water partition coefficient (Wildman–Crippen LogP) is 2.98. The Labute approximate surface area is 87.4 Å². The lowest BCUT2D eigenvalue weighted by atomic mass is 10.1. The van der Waals surface area contributed by atoms with Crippen LogP contribution in [0, 0.1) is 11.8 Å². The molecule has 13 heavy (non-hydrogen) atoms. The highest BCUT2D eigenvalue weighted by atomic mass is 35.5. The van der Waals surface area contributed by atoms with Crippen molar-refractivity contribution in [3.63, 3.8) is 0 Å². The Hall–Kier alpha value is 0.250. The summed E-state index contributed by atoms with van der Waals surface area (Å²) in [7, 11) is 0. The molecule has 1 saturated heterocycles. The Morgan fingerprint density at radius 2 is 2.31 bits per heavy atom. The maximum Gasteiger partial charge on any atom is 0.0264 e. The van der Waals surface area contributed by atoms with Gasteiger partial charge in [-0.2, -0.15) is 0 Å². The van der Waals surface area contributed by atoms with Crippen molar-refractivity contribution in [3.05, 3.63) is 0 Å². The molecule has 1 aliphatic rings. The van der Waals surface area contributed by atoms with Crippen LogP contribution in [0.4, 0.5) is 0 Å². The van der Waals surface area contributed by atoms with Crippen molar-refractivity contribution in [3.8, 4) is 0 Å². The van der Waals surface area contributed by atoms with E-state index in [1.807, 2.05) is 0 Å². The molecule has 0 radical (unpaired) electrons. The maximum absolute atomic E-state index is 5.84. The summed E-state index contributed by atoms with van der Waals surface area (Å²) in [6.45, 7) is 8.41. The van der Waals surface area contributed by atoms with Crippen LogP contribution in [0.3, 0.4) is 0 Å². The van der Waals surface area contributed by atoms with E-state index in [0.29, 0.717) is 0 Å². The lowest BCUT2D eigenvalue weighted by Crippen LogP contribution is -2.26. The molecule has 0 amide bonds. The van der Waals surface area contributed by atoms with Gasteiger partial charge in [-0.1, -0.05) is 20.3 Å². The Bertz CT molecular complexity index is 138. The largest absolute Gasteiger partial charge is 0.303 e. The van der Waals surface area contributed by atoms with E-state index >= 15 is 0 Å². The molecule has 1 fully saturated rings. The number of hydrogen-bond donors (Lipinski definition) is 0. The average Bonchev–Trinajstić information content (AvgIpc) is 2.52. The molecule has 0 aromatic carbocycles. The van der Waals surface area contributed by atoms with Crippen molar-refractivity contribution < 1.29 is 0 Å². The van der Waals surface area contributed by atoms with Gasteiger partial charge in [-0.3, -0.25) is 0 Å². The average molecular weight is 204 g/mol. The summed E-state index contributed by atoms with van der Waals surface area (Å²) >= 11 is 5.84. The fourth-order valence-electron chi connectivity index (χ4n) is 2.23. The SMILES string of the molecule is CCCC(C)CN1CCC(CCl)C1. The van der Waals surface area contributed by atoms with Crippen LogP contribution in [0.5, 0.6) is 0 Å². The van der Waals surface area contributed by atoms with Gasteiger partial charge >= 0.3 is 0 Å². The fraction of sp³-hybridized carbons (Fsp3) is 1.00. The third-order valence-electron chi connectivity index (χ3n) is 2.94. The lowest BCUT2D eigenvalue weighted by Gasteiger charge is -2.20. The molecule has 0 bridgehead atoms. The first-order chi connectivity index (χ1) is 6.26. The van der Waals surface area contributed by atoms with Gasteiger partial charge < -0.3 is 4.90 Å². The molecule has 78 valence electrons. The van der Waals surface area contributed by atoms with E-state index in [-0.39, 0.29) is 0 Å². The summed E-state index contributed by atoms with van der Waals surface area (Å²) < 4.78 is 0. The second kappa shape index (κ2) is 5.87. The normalized spacial score (nSPS) is 26.5. The molecule has 1 heterocycles. The van der Waals surface area contributed by atoms with Gasteiger partial charge in [0.25, 0.3) is 0 Å². The molecular weight excluding hydrogens is 182 g/mol. The molecule has 0 saturated carbocycles. The lowest BCUT2D eigenvalue weighted by molar-refractivity contribution is 0.272. The van der Waals surface area contributed by atoms with Gasteiger partial charge in [0.15, 0.2) is 0 Å². The zero-order valence-electron chi connectivity index (χ0n) is 8.93. The number of hydrogen-bond acceptors (Lipinski definition) is 1. The highest BCUT2D eigenvalue weighted by Gasteiger charge is 2.22. The first kappa shape index (κ1) is 11.3. The molecule has 1 aliphatic heterocycles. The summed E-state index contributed by atoms with van der Waals surface area (Å²) in [4.78, 5) is 2.58. The van der Waals surface area contributed by atoms with Crippen LogP contribution in [0.25, 0.3) is 0 Å². The third-order valence-corrected chi connectivity index (χ3v) is 3.38. The van der Waals surface area contributed by atoms with Gasteiger partial charge in [-0.15, -0.1) is 11.6 Å². The molecule has 1 nitrogen and oxygen atoms in total. The van der Waals surface area contributed by atoms with E-state index in [4.69, 9.17) is 11.6 Å². The zero-order chi connectivity index (χ0) is 9.68. The fourth-order valence-corrected chi connectivity index (χ4v) is 2.48. The topological polar surface area (TPSA) is 3.24 Å². The van der Waals surface area contributed by atoms with Gasteiger partial charge in [0.1, 0.15) is 0 Å². The Morgan fingerprint density at radius 3 is 2.85 bits per heavy atom. The van der Waals surface area contributed by atoms with Crippen LogP contribution in [0.2, 0.25) is 0 Å². The van der Waals surface area contributed by atoms with Crippen molar-refractivity contribution >= 4 is 11.6 Å². The van der Waals surface area contributed by atoms with E-state index in [2.05, 4.69) is 18.7 Å². The predicted molar refractivity (Wildman–Crippen MR) is 59.3 cm³/mol. The summed E-state index contributed by atoms with van der Waals surface area (Å²) in [6.07, 6.45) is 3.98. The zero-order valence-corrected chi connectivity index (χ0v) is 9.69. The number of rotatable bonds is 5. The number of alkyl halides is 1. The van der Waals surface area contributed by atoms with E-state index in [0.717, 1.165) is 17.7 Å². The molecule has 0 N–H and O–H groups in total. The molecule has 2 unspecified atom stereocenters. The highest BCUT2D eigenvalue weighted by Crippen LogP contribution is 2.19. The smallest absolute Gasteiger partial charge is 0.0264 e. The minimum atomic E-state index is 0.760. The first-order valence-electron chi connectivity index (χ1n) is 5.54. The Kier molecular flexibility index (Phi) is 5.12. The van der Waals surface area contributed by atoms with Gasteiger partial charge in [0.2, 0.25) is 0 Å². The van der Waals surface area contributed by atoms with Crippen LogP contribution in [0.15, 0.2) is 0 Å². The van der Waals surface area contributed by atoms with Crippen LogP contribution < -0.4 is 0 Å². The molecule has 0 aromatic rings. The van der Waals surface area contributed by atoms with Crippen molar-refractivity contribution in [2.45, 2.75) is 33.1 Å². The van der Waals surface area contributed by atoms with E-state index < -0.39 is 0 Å². The minimum Gasteiger partial charge on any atom is -0.303 e. The van der Waals surface area contributed by atoms with Gasteiger partial charge in [0.05, 0.1) is 0 Å². The number of halogens is 1. The Balaban J connectivity index is 2.16.